The molecule has 2 aromatic rings. The van der Waals surface area contributed by atoms with Crippen LogP contribution in [0.25, 0.3) is 11.3 Å². The van der Waals surface area contributed by atoms with E-state index in [0.29, 0.717) is 23.6 Å². The van der Waals surface area contributed by atoms with E-state index in [2.05, 4.69) is 17.2 Å². The number of nitrogen functional groups attached to an aromatic ring is 1. The maximum atomic E-state index is 11.3. The average molecular weight is 255 g/mol. The third kappa shape index (κ3) is 1.84. The summed E-state index contributed by atoms with van der Waals surface area (Å²) in [5.74, 6) is 0.452. The van der Waals surface area contributed by atoms with Gasteiger partial charge in [0, 0.05) is 12.1 Å². The second-order valence-electron chi connectivity index (χ2n) is 4.92. The molecule has 1 aliphatic rings. The van der Waals surface area contributed by atoms with E-state index in [0.717, 1.165) is 24.7 Å². The Balaban J connectivity index is 2.14. The minimum absolute atomic E-state index is 0.452. The summed E-state index contributed by atoms with van der Waals surface area (Å²) in [6.07, 6.45) is 4.28. The van der Waals surface area contributed by atoms with Crippen molar-refractivity contribution in [2.45, 2.75) is 32.7 Å². The topological polar surface area (TPSA) is 60.9 Å². The highest BCUT2D eigenvalue weighted by molar-refractivity contribution is 5.91. The normalized spacial score (nSPS) is 13.5. The molecule has 1 aliphatic carbocycles. The van der Waals surface area contributed by atoms with Gasteiger partial charge in [-0.15, -0.1) is 0 Å². The van der Waals surface area contributed by atoms with Crippen molar-refractivity contribution in [1.29, 1.82) is 0 Å². The Bertz CT molecular complexity index is 643. The van der Waals surface area contributed by atoms with Crippen LogP contribution in [0.1, 0.15) is 34.8 Å². The number of fused-ring (bicyclic) bond motifs is 1. The molecule has 0 spiro atoms. The molecule has 1 heterocycles. The number of hydrogen-bond donors (Lipinski definition) is 1. The first-order valence-corrected chi connectivity index (χ1v) is 6.68. The molecular formula is C15H17N3O. The largest absolute Gasteiger partial charge is 0.383 e. The summed E-state index contributed by atoms with van der Waals surface area (Å²) in [5, 5.41) is 4.46. The SMILES string of the molecule is CCn1nc(-c2ccc3c(c2)CCC3)c(C=O)c1N. The number of rotatable bonds is 3. The van der Waals surface area contributed by atoms with Gasteiger partial charge in [0.05, 0.1) is 5.56 Å². The molecule has 0 aliphatic heterocycles. The fourth-order valence-electron chi connectivity index (χ4n) is 2.78. The highest BCUT2D eigenvalue weighted by Crippen LogP contribution is 2.30. The van der Waals surface area contributed by atoms with Crippen LogP contribution in [0.2, 0.25) is 0 Å². The van der Waals surface area contributed by atoms with Crippen LogP contribution in [0.4, 0.5) is 5.82 Å². The van der Waals surface area contributed by atoms with Crippen molar-refractivity contribution in [3.8, 4) is 11.3 Å². The molecule has 2 N–H and O–H groups in total. The molecule has 4 nitrogen and oxygen atoms in total. The van der Waals surface area contributed by atoms with Crippen molar-refractivity contribution >= 4 is 12.1 Å². The van der Waals surface area contributed by atoms with Gasteiger partial charge in [-0.2, -0.15) is 5.10 Å². The van der Waals surface area contributed by atoms with Crippen LogP contribution in [0.3, 0.4) is 0 Å². The Morgan fingerprint density at radius 2 is 2.16 bits per heavy atom. The minimum atomic E-state index is 0.452. The number of nitrogens with zero attached hydrogens (tertiary/aromatic N) is 2. The number of aryl methyl sites for hydroxylation is 3. The van der Waals surface area contributed by atoms with E-state index in [1.165, 1.54) is 17.5 Å². The van der Waals surface area contributed by atoms with Crippen molar-refractivity contribution in [2.75, 3.05) is 5.73 Å². The van der Waals surface area contributed by atoms with E-state index >= 15 is 0 Å². The molecule has 0 unspecified atom stereocenters. The standard InChI is InChI=1S/C15H17N3O/c1-2-18-15(16)13(9-19)14(17-18)12-7-6-10-4-3-5-11(10)8-12/h6-9H,2-5,16H2,1H3. The molecule has 0 atom stereocenters. The number of carbonyl (C=O) groups is 1. The molecule has 0 saturated carbocycles. The van der Waals surface area contributed by atoms with Crippen molar-refractivity contribution in [1.82, 2.24) is 9.78 Å². The van der Waals surface area contributed by atoms with Crippen LogP contribution < -0.4 is 5.73 Å². The number of carbonyl (C=O) groups excluding carboxylic acids is 1. The van der Waals surface area contributed by atoms with E-state index in [1.54, 1.807) is 4.68 Å². The highest BCUT2D eigenvalue weighted by Gasteiger charge is 2.18. The van der Waals surface area contributed by atoms with Gasteiger partial charge in [-0.25, -0.2) is 4.68 Å². The molecular weight excluding hydrogens is 238 g/mol. The molecule has 4 heteroatoms. The van der Waals surface area contributed by atoms with Crippen molar-refractivity contribution < 1.29 is 4.79 Å². The zero-order valence-electron chi connectivity index (χ0n) is 11.0. The molecule has 1 aromatic heterocycles. The summed E-state index contributed by atoms with van der Waals surface area (Å²) < 4.78 is 1.67. The first-order chi connectivity index (χ1) is 9.24. The Hall–Kier alpha value is -2.10. The number of hydrogen-bond acceptors (Lipinski definition) is 3. The summed E-state index contributed by atoms with van der Waals surface area (Å²) in [4.78, 5) is 11.3. The maximum Gasteiger partial charge on any atom is 0.156 e. The summed E-state index contributed by atoms with van der Waals surface area (Å²) in [5.41, 5.74) is 10.9. The van der Waals surface area contributed by atoms with Crippen LogP contribution in [0.5, 0.6) is 0 Å². The first kappa shape index (κ1) is 12.0. The van der Waals surface area contributed by atoms with Gasteiger partial charge in [0.15, 0.2) is 6.29 Å². The number of benzene rings is 1. The lowest BCUT2D eigenvalue weighted by Gasteiger charge is -2.03. The Kier molecular flexibility index (Phi) is 2.85. The monoisotopic (exact) mass is 255 g/mol. The molecule has 3 rings (SSSR count). The van der Waals surface area contributed by atoms with E-state index in [1.807, 2.05) is 13.0 Å². The smallest absolute Gasteiger partial charge is 0.156 e. The lowest BCUT2D eigenvalue weighted by atomic mass is 10.0. The van der Waals surface area contributed by atoms with Gasteiger partial charge in [-0.05, 0) is 43.4 Å². The second kappa shape index (κ2) is 4.53. The fourth-order valence-corrected chi connectivity index (χ4v) is 2.78. The number of aldehydes is 1. The number of anilines is 1. The Labute approximate surface area is 112 Å². The molecule has 1 aromatic carbocycles. The van der Waals surface area contributed by atoms with Gasteiger partial charge in [0.2, 0.25) is 0 Å². The van der Waals surface area contributed by atoms with Crippen molar-refractivity contribution in [3.05, 3.63) is 34.9 Å². The van der Waals surface area contributed by atoms with E-state index in [-0.39, 0.29) is 0 Å². The van der Waals surface area contributed by atoms with E-state index in [9.17, 15) is 4.79 Å². The van der Waals surface area contributed by atoms with Gasteiger partial charge in [-0.1, -0.05) is 12.1 Å². The molecule has 0 bridgehead atoms. The molecule has 0 fully saturated rings. The van der Waals surface area contributed by atoms with Crippen LogP contribution in [-0.4, -0.2) is 16.1 Å². The number of nitrogens with two attached hydrogens (primary N) is 1. The van der Waals surface area contributed by atoms with E-state index < -0.39 is 0 Å². The average Bonchev–Trinajstić information content (AvgIpc) is 3.01. The molecule has 0 saturated heterocycles. The minimum Gasteiger partial charge on any atom is -0.383 e. The lowest BCUT2D eigenvalue weighted by molar-refractivity contribution is 0.112. The van der Waals surface area contributed by atoms with E-state index in [4.69, 9.17) is 5.73 Å². The summed E-state index contributed by atoms with van der Waals surface area (Å²) in [6.45, 7) is 2.63. The van der Waals surface area contributed by atoms with Gasteiger partial charge in [0.25, 0.3) is 0 Å². The third-order valence-corrected chi connectivity index (χ3v) is 3.82. The molecule has 0 amide bonds. The Morgan fingerprint density at radius 1 is 1.37 bits per heavy atom. The summed E-state index contributed by atoms with van der Waals surface area (Å²) in [7, 11) is 0. The summed E-state index contributed by atoms with van der Waals surface area (Å²) >= 11 is 0. The quantitative estimate of drug-likeness (QED) is 0.857. The molecule has 98 valence electrons. The predicted octanol–water partition coefficient (Wildman–Crippen LogP) is 2.45. The van der Waals surface area contributed by atoms with Gasteiger partial charge in [-0.3, -0.25) is 4.79 Å². The third-order valence-electron chi connectivity index (χ3n) is 3.82. The van der Waals surface area contributed by atoms with Gasteiger partial charge < -0.3 is 5.73 Å². The van der Waals surface area contributed by atoms with Crippen molar-refractivity contribution in [3.63, 3.8) is 0 Å². The second-order valence-corrected chi connectivity index (χ2v) is 4.92. The van der Waals surface area contributed by atoms with Crippen LogP contribution in [0, 0.1) is 0 Å². The maximum absolute atomic E-state index is 11.3. The van der Waals surface area contributed by atoms with Crippen LogP contribution in [0.15, 0.2) is 18.2 Å². The van der Waals surface area contributed by atoms with Gasteiger partial charge in [0.1, 0.15) is 11.5 Å². The zero-order valence-corrected chi connectivity index (χ0v) is 11.0. The number of aromatic nitrogens is 2. The molecule has 0 radical (unpaired) electrons. The highest BCUT2D eigenvalue weighted by atomic mass is 16.1. The zero-order chi connectivity index (χ0) is 13.4. The van der Waals surface area contributed by atoms with Gasteiger partial charge >= 0.3 is 0 Å². The Morgan fingerprint density at radius 3 is 2.89 bits per heavy atom. The van der Waals surface area contributed by atoms with Crippen LogP contribution in [-0.2, 0) is 19.4 Å². The van der Waals surface area contributed by atoms with Crippen molar-refractivity contribution in [2.24, 2.45) is 0 Å². The fraction of sp³-hybridized carbons (Fsp3) is 0.333. The lowest BCUT2D eigenvalue weighted by Crippen LogP contribution is -2.02. The summed E-state index contributed by atoms with van der Waals surface area (Å²) in [6, 6.07) is 6.34. The predicted molar refractivity (Wildman–Crippen MR) is 75.2 cm³/mol. The molecule has 19 heavy (non-hydrogen) atoms. The van der Waals surface area contributed by atoms with Crippen LogP contribution >= 0.6 is 0 Å². The first-order valence-electron chi connectivity index (χ1n) is 6.68.